The normalized spacial score (nSPS) is 16.9. The SMILES string of the molecule is CCN(C[C@H]1CCCO1)C(=O)Nc1ccc(F)c(C(=O)NC)c1. The van der Waals surface area contributed by atoms with E-state index in [9.17, 15) is 14.0 Å². The second kappa shape index (κ2) is 7.92. The quantitative estimate of drug-likeness (QED) is 0.873. The fourth-order valence-corrected chi connectivity index (χ4v) is 2.50. The molecule has 0 bridgehead atoms. The average Bonchev–Trinajstić information content (AvgIpc) is 3.06. The number of nitrogens with one attached hydrogen (secondary N) is 2. The summed E-state index contributed by atoms with van der Waals surface area (Å²) in [5.74, 6) is -1.17. The summed E-state index contributed by atoms with van der Waals surface area (Å²) in [6.07, 6.45) is 2.02. The van der Waals surface area contributed by atoms with Gasteiger partial charge in [0.05, 0.1) is 11.7 Å². The van der Waals surface area contributed by atoms with E-state index in [1.165, 1.54) is 19.2 Å². The van der Waals surface area contributed by atoms with Crippen molar-refractivity contribution in [1.29, 1.82) is 0 Å². The first kappa shape index (κ1) is 17.2. The fourth-order valence-electron chi connectivity index (χ4n) is 2.50. The van der Waals surface area contributed by atoms with Gasteiger partial charge in [-0.3, -0.25) is 4.79 Å². The second-order valence-corrected chi connectivity index (χ2v) is 5.38. The molecule has 1 heterocycles. The zero-order valence-electron chi connectivity index (χ0n) is 13.4. The summed E-state index contributed by atoms with van der Waals surface area (Å²) < 4.78 is 19.2. The summed E-state index contributed by atoms with van der Waals surface area (Å²) in [6, 6.07) is 3.62. The summed E-state index contributed by atoms with van der Waals surface area (Å²) in [7, 11) is 1.42. The molecule has 0 saturated carbocycles. The molecule has 7 heteroatoms. The number of halogens is 1. The fraction of sp³-hybridized carbons (Fsp3) is 0.500. The lowest BCUT2D eigenvalue weighted by molar-refractivity contribution is 0.0849. The Hall–Kier alpha value is -2.15. The molecule has 0 radical (unpaired) electrons. The van der Waals surface area contributed by atoms with E-state index >= 15 is 0 Å². The van der Waals surface area contributed by atoms with Crippen molar-refractivity contribution in [2.24, 2.45) is 0 Å². The molecule has 1 atom stereocenters. The molecular weight excluding hydrogens is 301 g/mol. The van der Waals surface area contributed by atoms with Gasteiger partial charge < -0.3 is 20.3 Å². The van der Waals surface area contributed by atoms with E-state index in [1.807, 2.05) is 6.92 Å². The molecule has 1 aliphatic heterocycles. The van der Waals surface area contributed by atoms with Crippen LogP contribution in [-0.2, 0) is 4.74 Å². The predicted octanol–water partition coefficient (Wildman–Crippen LogP) is 2.22. The Labute approximate surface area is 135 Å². The smallest absolute Gasteiger partial charge is 0.321 e. The molecule has 3 amide bonds. The third kappa shape index (κ3) is 4.41. The summed E-state index contributed by atoms with van der Waals surface area (Å²) in [5, 5.41) is 5.06. The van der Waals surface area contributed by atoms with Crippen molar-refractivity contribution in [2.45, 2.75) is 25.9 Å². The summed E-state index contributed by atoms with van der Waals surface area (Å²) in [4.78, 5) is 25.6. The van der Waals surface area contributed by atoms with Gasteiger partial charge in [-0.05, 0) is 38.0 Å². The van der Waals surface area contributed by atoms with Crippen molar-refractivity contribution in [3.63, 3.8) is 0 Å². The Morgan fingerprint density at radius 1 is 1.43 bits per heavy atom. The Bertz CT molecular complexity index is 574. The van der Waals surface area contributed by atoms with Gasteiger partial charge in [0.15, 0.2) is 0 Å². The molecule has 126 valence electrons. The van der Waals surface area contributed by atoms with Crippen molar-refractivity contribution in [3.8, 4) is 0 Å². The molecule has 0 aliphatic carbocycles. The maximum absolute atomic E-state index is 13.6. The molecule has 6 nitrogen and oxygen atoms in total. The lowest BCUT2D eigenvalue weighted by atomic mass is 10.1. The van der Waals surface area contributed by atoms with Crippen LogP contribution < -0.4 is 10.6 Å². The minimum absolute atomic E-state index is 0.0651. The molecule has 0 aromatic heterocycles. The summed E-state index contributed by atoms with van der Waals surface area (Å²) >= 11 is 0. The monoisotopic (exact) mass is 323 g/mol. The molecule has 1 aromatic carbocycles. The molecule has 1 aliphatic rings. The molecular formula is C16H22FN3O3. The maximum atomic E-state index is 13.6. The number of carbonyl (C=O) groups is 2. The molecule has 0 unspecified atom stereocenters. The number of hydrogen-bond acceptors (Lipinski definition) is 3. The van der Waals surface area contributed by atoms with Crippen LogP contribution >= 0.6 is 0 Å². The second-order valence-electron chi connectivity index (χ2n) is 5.38. The molecule has 1 fully saturated rings. The lowest BCUT2D eigenvalue weighted by Crippen LogP contribution is -2.40. The Kier molecular flexibility index (Phi) is 5.92. The van der Waals surface area contributed by atoms with Crippen molar-refractivity contribution >= 4 is 17.6 Å². The number of urea groups is 1. The minimum atomic E-state index is -0.631. The van der Waals surface area contributed by atoms with Gasteiger partial charge in [0.1, 0.15) is 5.82 Å². The van der Waals surface area contributed by atoms with Gasteiger partial charge in [-0.15, -0.1) is 0 Å². The number of ether oxygens (including phenoxy) is 1. The standard InChI is InChI=1S/C16H22FN3O3/c1-3-20(10-12-5-4-8-23-12)16(22)19-11-6-7-14(17)13(9-11)15(21)18-2/h6-7,9,12H,3-5,8,10H2,1-2H3,(H,18,21)(H,19,22)/t12-/m1/s1. The van der Waals surface area contributed by atoms with E-state index in [4.69, 9.17) is 4.74 Å². The highest BCUT2D eigenvalue weighted by Crippen LogP contribution is 2.17. The molecule has 1 saturated heterocycles. The first-order chi connectivity index (χ1) is 11.0. The summed E-state index contributed by atoms with van der Waals surface area (Å²) in [5.41, 5.74) is 0.272. The highest BCUT2D eigenvalue weighted by molar-refractivity contribution is 5.97. The molecule has 2 rings (SSSR count). The number of carbonyl (C=O) groups excluding carboxylic acids is 2. The zero-order chi connectivity index (χ0) is 16.8. The third-order valence-electron chi connectivity index (χ3n) is 3.81. The van der Waals surface area contributed by atoms with Gasteiger partial charge in [0, 0.05) is 32.4 Å². The number of benzene rings is 1. The van der Waals surface area contributed by atoms with Crippen molar-refractivity contribution in [3.05, 3.63) is 29.6 Å². The largest absolute Gasteiger partial charge is 0.376 e. The topological polar surface area (TPSA) is 70.7 Å². The van der Waals surface area contributed by atoms with Crippen LogP contribution in [0.4, 0.5) is 14.9 Å². The van der Waals surface area contributed by atoms with Gasteiger partial charge in [-0.1, -0.05) is 0 Å². The van der Waals surface area contributed by atoms with E-state index in [-0.39, 0.29) is 17.7 Å². The number of nitrogens with zero attached hydrogens (tertiary/aromatic N) is 1. The Morgan fingerprint density at radius 2 is 2.22 bits per heavy atom. The van der Waals surface area contributed by atoms with Crippen LogP contribution in [0.5, 0.6) is 0 Å². The van der Waals surface area contributed by atoms with Crippen LogP contribution in [0.25, 0.3) is 0 Å². The van der Waals surface area contributed by atoms with Crippen molar-refractivity contribution in [1.82, 2.24) is 10.2 Å². The average molecular weight is 323 g/mol. The van der Waals surface area contributed by atoms with Crippen LogP contribution in [0.15, 0.2) is 18.2 Å². The van der Waals surface area contributed by atoms with E-state index in [2.05, 4.69) is 10.6 Å². The zero-order valence-corrected chi connectivity index (χ0v) is 13.4. The van der Waals surface area contributed by atoms with Gasteiger partial charge in [0.25, 0.3) is 5.91 Å². The van der Waals surface area contributed by atoms with Gasteiger partial charge in [-0.2, -0.15) is 0 Å². The van der Waals surface area contributed by atoms with E-state index in [0.717, 1.165) is 25.5 Å². The molecule has 2 N–H and O–H groups in total. The van der Waals surface area contributed by atoms with Crippen molar-refractivity contribution < 1.29 is 18.7 Å². The van der Waals surface area contributed by atoms with Crippen LogP contribution in [0.3, 0.4) is 0 Å². The first-order valence-corrected chi connectivity index (χ1v) is 7.74. The van der Waals surface area contributed by atoms with Crippen molar-refractivity contribution in [2.75, 3.05) is 32.1 Å². The van der Waals surface area contributed by atoms with E-state index in [1.54, 1.807) is 4.90 Å². The number of hydrogen-bond donors (Lipinski definition) is 2. The molecule has 1 aromatic rings. The lowest BCUT2D eigenvalue weighted by Gasteiger charge is -2.24. The Balaban J connectivity index is 2.04. The van der Waals surface area contributed by atoms with Crippen LogP contribution in [0.2, 0.25) is 0 Å². The first-order valence-electron chi connectivity index (χ1n) is 7.74. The number of likely N-dealkylation sites (N-methyl/N-ethyl adjacent to an activating group) is 1. The Morgan fingerprint density at radius 3 is 2.83 bits per heavy atom. The third-order valence-corrected chi connectivity index (χ3v) is 3.81. The minimum Gasteiger partial charge on any atom is -0.376 e. The van der Waals surface area contributed by atoms with E-state index in [0.29, 0.717) is 18.8 Å². The van der Waals surface area contributed by atoms with E-state index < -0.39 is 11.7 Å². The van der Waals surface area contributed by atoms with Crippen LogP contribution in [0.1, 0.15) is 30.1 Å². The molecule has 0 spiro atoms. The number of anilines is 1. The summed E-state index contributed by atoms with van der Waals surface area (Å²) in [6.45, 7) is 3.67. The maximum Gasteiger partial charge on any atom is 0.321 e. The van der Waals surface area contributed by atoms with Gasteiger partial charge in [0.2, 0.25) is 0 Å². The van der Waals surface area contributed by atoms with Crippen LogP contribution in [-0.4, -0.2) is 49.7 Å². The predicted molar refractivity (Wildman–Crippen MR) is 85.0 cm³/mol. The van der Waals surface area contributed by atoms with Gasteiger partial charge >= 0.3 is 6.03 Å². The number of rotatable bonds is 5. The molecule has 23 heavy (non-hydrogen) atoms. The highest BCUT2D eigenvalue weighted by Gasteiger charge is 2.22. The van der Waals surface area contributed by atoms with Crippen LogP contribution in [0, 0.1) is 5.82 Å². The van der Waals surface area contributed by atoms with Gasteiger partial charge in [-0.25, -0.2) is 9.18 Å². The highest BCUT2D eigenvalue weighted by atomic mass is 19.1. The number of amides is 3.